The SMILES string of the molecule is Cc1cc(C)c(S(=O)(=O)N=S(C)(=O)c2ccccc2)c(C)c1. The van der Waals surface area contributed by atoms with Gasteiger partial charge in [-0.3, -0.25) is 0 Å². The van der Waals surface area contributed by atoms with Crippen LogP contribution in [0.2, 0.25) is 0 Å². The fourth-order valence-corrected chi connectivity index (χ4v) is 6.25. The lowest BCUT2D eigenvalue weighted by Gasteiger charge is -2.10. The monoisotopic (exact) mass is 337 g/mol. The zero-order valence-electron chi connectivity index (χ0n) is 13.0. The van der Waals surface area contributed by atoms with Crippen LogP contribution in [0.3, 0.4) is 0 Å². The van der Waals surface area contributed by atoms with Gasteiger partial charge in [-0.1, -0.05) is 35.9 Å². The Kier molecular flexibility index (Phi) is 4.44. The molecule has 1 unspecified atom stereocenters. The summed E-state index contributed by atoms with van der Waals surface area (Å²) in [6.45, 7) is 5.35. The summed E-state index contributed by atoms with van der Waals surface area (Å²) in [4.78, 5) is 0.546. The average molecular weight is 337 g/mol. The molecule has 0 saturated carbocycles. The number of nitrogens with zero attached hydrogens (tertiary/aromatic N) is 1. The maximum atomic E-state index is 12.7. The molecule has 6 heteroatoms. The molecule has 1 atom stereocenters. The summed E-state index contributed by atoms with van der Waals surface area (Å²) < 4.78 is 41.7. The van der Waals surface area contributed by atoms with Crippen molar-refractivity contribution in [2.45, 2.75) is 30.6 Å². The van der Waals surface area contributed by atoms with Crippen LogP contribution in [0.4, 0.5) is 0 Å². The van der Waals surface area contributed by atoms with Crippen molar-refractivity contribution in [2.75, 3.05) is 6.26 Å². The lowest BCUT2D eigenvalue weighted by molar-refractivity contribution is 0.596. The van der Waals surface area contributed by atoms with Crippen LogP contribution < -0.4 is 0 Å². The van der Waals surface area contributed by atoms with Gasteiger partial charge in [0.15, 0.2) is 0 Å². The van der Waals surface area contributed by atoms with Crippen LogP contribution >= 0.6 is 0 Å². The van der Waals surface area contributed by atoms with E-state index < -0.39 is 19.8 Å². The normalized spacial score (nSPS) is 14.4. The molecule has 0 fully saturated rings. The van der Waals surface area contributed by atoms with Crippen LogP contribution in [0, 0.1) is 20.8 Å². The van der Waals surface area contributed by atoms with Gasteiger partial charge in [0.2, 0.25) is 0 Å². The van der Waals surface area contributed by atoms with Crippen molar-refractivity contribution in [3.63, 3.8) is 0 Å². The lowest BCUT2D eigenvalue weighted by atomic mass is 10.1. The van der Waals surface area contributed by atoms with Gasteiger partial charge in [0, 0.05) is 11.2 Å². The first-order valence-electron chi connectivity index (χ1n) is 6.75. The summed E-state index contributed by atoms with van der Waals surface area (Å²) in [5, 5.41) is 0. The predicted octanol–water partition coefficient (Wildman–Crippen LogP) is 3.46. The van der Waals surface area contributed by atoms with Crippen LogP contribution in [0.1, 0.15) is 16.7 Å². The molecule has 0 aliphatic heterocycles. The van der Waals surface area contributed by atoms with E-state index in [0.717, 1.165) is 5.56 Å². The van der Waals surface area contributed by atoms with Crippen LogP contribution in [-0.2, 0) is 19.8 Å². The number of sulfonamides is 1. The van der Waals surface area contributed by atoms with E-state index in [0.29, 0.717) is 16.0 Å². The van der Waals surface area contributed by atoms with Crippen molar-refractivity contribution in [3.8, 4) is 0 Å². The van der Waals surface area contributed by atoms with Gasteiger partial charge in [-0.2, -0.15) is 8.42 Å². The molecule has 0 aliphatic carbocycles. The maximum absolute atomic E-state index is 12.7. The molecule has 118 valence electrons. The van der Waals surface area contributed by atoms with E-state index in [1.165, 1.54) is 6.26 Å². The topological polar surface area (TPSA) is 63.6 Å². The largest absolute Gasteiger partial charge is 0.290 e. The number of aryl methyl sites for hydroxylation is 3. The van der Waals surface area contributed by atoms with Gasteiger partial charge in [0.05, 0.1) is 14.6 Å². The van der Waals surface area contributed by atoms with Crippen LogP contribution in [-0.4, -0.2) is 18.9 Å². The first kappa shape index (κ1) is 16.7. The van der Waals surface area contributed by atoms with Gasteiger partial charge in [0.25, 0.3) is 10.0 Å². The molecule has 0 N–H and O–H groups in total. The molecule has 0 bridgehead atoms. The van der Waals surface area contributed by atoms with Crippen LogP contribution in [0.15, 0.2) is 56.0 Å². The number of hydrogen-bond acceptors (Lipinski definition) is 3. The summed E-state index contributed by atoms with van der Waals surface area (Å²) in [6, 6.07) is 12.0. The molecule has 2 aromatic carbocycles. The molecule has 0 radical (unpaired) electrons. The Morgan fingerprint density at radius 2 is 1.36 bits per heavy atom. The Morgan fingerprint density at radius 1 is 0.864 bits per heavy atom. The molecule has 2 rings (SSSR count). The van der Waals surface area contributed by atoms with Gasteiger partial charge in [-0.25, -0.2) is 4.21 Å². The van der Waals surface area contributed by atoms with E-state index in [4.69, 9.17) is 0 Å². The first-order chi connectivity index (χ1) is 10.1. The molecule has 22 heavy (non-hydrogen) atoms. The second kappa shape index (κ2) is 5.85. The van der Waals surface area contributed by atoms with E-state index >= 15 is 0 Å². The highest BCUT2D eigenvalue weighted by Crippen LogP contribution is 2.25. The third-order valence-electron chi connectivity index (χ3n) is 3.28. The summed E-state index contributed by atoms with van der Waals surface area (Å²) in [5.74, 6) is 0. The molecule has 0 saturated heterocycles. The van der Waals surface area contributed by atoms with Crippen molar-refractivity contribution < 1.29 is 12.6 Å². The van der Waals surface area contributed by atoms with E-state index in [1.54, 1.807) is 56.3 Å². The molecule has 0 heterocycles. The lowest BCUT2D eigenvalue weighted by Crippen LogP contribution is -2.08. The summed E-state index contributed by atoms with van der Waals surface area (Å²) in [7, 11) is -7.02. The zero-order valence-corrected chi connectivity index (χ0v) is 14.7. The van der Waals surface area contributed by atoms with Gasteiger partial charge in [0.1, 0.15) is 0 Å². The molecule has 0 spiro atoms. The highest BCUT2D eigenvalue weighted by atomic mass is 32.3. The summed E-state index contributed by atoms with van der Waals surface area (Å²) >= 11 is 0. The maximum Gasteiger partial charge on any atom is 0.290 e. The van der Waals surface area contributed by atoms with Crippen molar-refractivity contribution in [1.29, 1.82) is 0 Å². The third kappa shape index (κ3) is 3.39. The molecule has 4 nitrogen and oxygen atoms in total. The minimum absolute atomic E-state index is 0.142. The Balaban J connectivity index is 2.67. The van der Waals surface area contributed by atoms with Crippen LogP contribution in [0.25, 0.3) is 0 Å². The second-order valence-corrected chi connectivity index (χ2v) is 9.42. The quantitative estimate of drug-likeness (QED) is 0.861. The van der Waals surface area contributed by atoms with Crippen molar-refractivity contribution >= 4 is 19.8 Å². The Labute approximate surface area is 132 Å². The number of benzene rings is 2. The molecular weight excluding hydrogens is 318 g/mol. The molecule has 0 amide bonds. The molecule has 2 aromatic rings. The highest BCUT2D eigenvalue weighted by Gasteiger charge is 2.22. The Morgan fingerprint density at radius 3 is 1.86 bits per heavy atom. The van der Waals surface area contributed by atoms with E-state index in [9.17, 15) is 12.6 Å². The minimum atomic E-state index is -3.99. The molecule has 0 aromatic heterocycles. The van der Waals surface area contributed by atoms with E-state index in [2.05, 4.69) is 3.77 Å². The van der Waals surface area contributed by atoms with Gasteiger partial charge < -0.3 is 0 Å². The predicted molar refractivity (Wildman–Crippen MR) is 89.0 cm³/mol. The highest BCUT2D eigenvalue weighted by molar-refractivity contribution is 8.03. The van der Waals surface area contributed by atoms with E-state index in [1.807, 2.05) is 6.92 Å². The first-order valence-corrected chi connectivity index (χ1v) is 10.1. The van der Waals surface area contributed by atoms with Crippen LogP contribution in [0.5, 0.6) is 0 Å². The fourth-order valence-electron chi connectivity index (χ4n) is 2.51. The Bertz CT molecular complexity index is 900. The molecule has 0 aliphatic rings. The average Bonchev–Trinajstić information content (AvgIpc) is 2.36. The zero-order chi connectivity index (χ0) is 16.5. The van der Waals surface area contributed by atoms with Crippen molar-refractivity contribution in [2.24, 2.45) is 3.77 Å². The van der Waals surface area contributed by atoms with Gasteiger partial charge in [-0.15, -0.1) is 3.77 Å². The van der Waals surface area contributed by atoms with Gasteiger partial charge >= 0.3 is 0 Å². The minimum Gasteiger partial charge on any atom is -0.244 e. The third-order valence-corrected chi connectivity index (χ3v) is 7.51. The standard InChI is InChI=1S/C16H19NO3S2/c1-12-10-13(2)16(14(3)11-12)22(19,20)17-21(4,18)15-8-6-5-7-9-15/h5-11H,1-4H3. The van der Waals surface area contributed by atoms with E-state index in [-0.39, 0.29) is 4.90 Å². The number of hydrogen-bond donors (Lipinski definition) is 0. The summed E-state index contributed by atoms with van der Waals surface area (Å²) in [6.07, 6.45) is 1.35. The fraction of sp³-hybridized carbons (Fsp3) is 0.250. The number of rotatable bonds is 3. The van der Waals surface area contributed by atoms with Gasteiger partial charge in [-0.05, 0) is 44.0 Å². The second-order valence-electron chi connectivity index (χ2n) is 5.39. The van der Waals surface area contributed by atoms with Crippen molar-refractivity contribution in [3.05, 3.63) is 59.2 Å². The Hall–Kier alpha value is -1.66. The summed E-state index contributed by atoms with van der Waals surface area (Å²) in [5.41, 5.74) is 2.21. The molecular formula is C16H19NO3S2. The van der Waals surface area contributed by atoms with Crippen molar-refractivity contribution in [1.82, 2.24) is 0 Å². The smallest absolute Gasteiger partial charge is 0.244 e.